The molecule has 1 unspecified atom stereocenters. The van der Waals surface area contributed by atoms with Gasteiger partial charge in [-0.2, -0.15) is 0 Å². The highest BCUT2D eigenvalue weighted by atomic mass is 16.7. The standard InChI is InChI=1S/C17H22BNO2/c1-16(2)17(3,4)21-18(20-16)14-9-7-8-13(12-14)15-10-5-6-11-19-15/h5-12,15,19H,1-4H3. The summed E-state index contributed by atoms with van der Waals surface area (Å²) >= 11 is 0. The monoisotopic (exact) mass is 283 g/mol. The highest BCUT2D eigenvalue weighted by Gasteiger charge is 2.51. The van der Waals surface area contributed by atoms with Crippen molar-refractivity contribution in [1.29, 1.82) is 0 Å². The molecular formula is C17H22BNO2. The molecular weight excluding hydrogens is 261 g/mol. The third kappa shape index (κ3) is 2.66. The summed E-state index contributed by atoms with van der Waals surface area (Å²) in [6.07, 6.45) is 8.16. The van der Waals surface area contributed by atoms with Crippen molar-refractivity contribution in [1.82, 2.24) is 5.32 Å². The van der Waals surface area contributed by atoms with Crippen LogP contribution in [0.2, 0.25) is 0 Å². The Hall–Kier alpha value is -1.52. The average molecular weight is 283 g/mol. The molecule has 1 atom stereocenters. The maximum atomic E-state index is 6.12. The van der Waals surface area contributed by atoms with Crippen LogP contribution in [0.3, 0.4) is 0 Å². The Morgan fingerprint density at radius 2 is 1.76 bits per heavy atom. The van der Waals surface area contributed by atoms with Gasteiger partial charge in [0.05, 0.1) is 17.2 Å². The maximum Gasteiger partial charge on any atom is 0.494 e. The van der Waals surface area contributed by atoms with E-state index < -0.39 is 0 Å². The highest BCUT2D eigenvalue weighted by Crippen LogP contribution is 2.36. The van der Waals surface area contributed by atoms with Crippen LogP contribution in [0.25, 0.3) is 0 Å². The second-order valence-electron chi connectivity index (χ2n) is 6.65. The lowest BCUT2D eigenvalue weighted by atomic mass is 9.78. The number of rotatable bonds is 2. The fourth-order valence-corrected chi connectivity index (χ4v) is 2.53. The minimum atomic E-state index is -0.307. The second kappa shape index (κ2) is 5.04. The van der Waals surface area contributed by atoms with Crippen LogP contribution in [0.15, 0.2) is 48.7 Å². The van der Waals surface area contributed by atoms with Gasteiger partial charge in [0.15, 0.2) is 0 Å². The Morgan fingerprint density at radius 3 is 2.38 bits per heavy atom. The first-order valence-electron chi connectivity index (χ1n) is 7.44. The average Bonchev–Trinajstić information content (AvgIpc) is 2.69. The highest BCUT2D eigenvalue weighted by molar-refractivity contribution is 6.62. The largest absolute Gasteiger partial charge is 0.494 e. The fraction of sp³-hybridized carbons (Fsp3) is 0.412. The predicted molar refractivity (Wildman–Crippen MR) is 86.3 cm³/mol. The van der Waals surface area contributed by atoms with Gasteiger partial charge in [-0.1, -0.05) is 36.4 Å². The van der Waals surface area contributed by atoms with Crippen LogP contribution in [-0.4, -0.2) is 18.3 Å². The van der Waals surface area contributed by atoms with Gasteiger partial charge in [0, 0.05) is 0 Å². The van der Waals surface area contributed by atoms with Gasteiger partial charge in [0.2, 0.25) is 0 Å². The Kier molecular flexibility index (Phi) is 3.46. The quantitative estimate of drug-likeness (QED) is 0.846. The molecule has 0 aliphatic carbocycles. The fourth-order valence-electron chi connectivity index (χ4n) is 2.53. The molecule has 2 heterocycles. The van der Waals surface area contributed by atoms with Gasteiger partial charge in [0.25, 0.3) is 0 Å². The third-order valence-electron chi connectivity index (χ3n) is 4.58. The van der Waals surface area contributed by atoms with Crippen LogP contribution in [0.1, 0.15) is 39.3 Å². The molecule has 1 saturated heterocycles. The molecule has 1 N–H and O–H groups in total. The normalized spacial score (nSPS) is 25.9. The molecule has 0 aromatic heterocycles. The summed E-state index contributed by atoms with van der Waals surface area (Å²) in [4.78, 5) is 0. The lowest BCUT2D eigenvalue weighted by molar-refractivity contribution is 0.00578. The molecule has 1 aromatic rings. The minimum Gasteiger partial charge on any atom is -0.399 e. The summed E-state index contributed by atoms with van der Waals surface area (Å²) in [6, 6.07) is 8.61. The summed E-state index contributed by atoms with van der Waals surface area (Å²) in [7, 11) is -0.307. The van der Waals surface area contributed by atoms with Crippen LogP contribution in [0, 0.1) is 0 Å². The SMILES string of the molecule is CC1(C)OB(c2cccc(C3C=CC=CN3)c2)OC1(C)C. The topological polar surface area (TPSA) is 30.5 Å². The Morgan fingerprint density at radius 1 is 1.05 bits per heavy atom. The van der Waals surface area contributed by atoms with E-state index >= 15 is 0 Å². The number of hydrogen-bond acceptors (Lipinski definition) is 3. The van der Waals surface area contributed by atoms with Crippen molar-refractivity contribution < 1.29 is 9.31 Å². The van der Waals surface area contributed by atoms with Crippen LogP contribution >= 0.6 is 0 Å². The first-order chi connectivity index (χ1) is 9.89. The number of nitrogens with one attached hydrogen (secondary N) is 1. The summed E-state index contributed by atoms with van der Waals surface area (Å²) < 4.78 is 12.2. The third-order valence-corrected chi connectivity index (χ3v) is 4.58. The lowest BCUT2D eigenvalue weighted by Crippen LogP contribution is -2.41. The first kappa shape index (κ1) is 14.4. The molecule has 2 aliphatic heterocycles. The summed E-state index contributed by atoms with van der Waals surface area (Å²) in [5.41, 5.74) is 1.66. The van der Waals surface area contributed by atoms with Gasteiger partial charge in [-0.25, -0.2) is 0 Å². The van der Waals surface area contributed by atoms with Crippen LogP contribution < -0.4 is 10.8 Å². The molecule has 110 valence electrons. The van der Waals surface area contributed by atoms with Gasteiger partial charge in [-0.05, 0) is 51.0 Å². The maximum absolute atomic E-state index is 6.12. The lowest BCUT2D eigenvalue weighted by Gasteiger charge is -2.32. The van der Waals surface area contributed by atoms with Crippen molar-refractivity contribution in [3.63, 3.8) is 0 Å². The van der Waals surface area contributed by atoms with Gasteiger partial charge in [-0.15, -0.1) is 0 Å². The van der Waals surface area contributed by atoms with Crippen molar-refractivity contribution in [2.24, 2.45) is 0 Å². The van der Waals surface area contributed by atoms with Crippen LogP contribution in [-0.2, 0) is 9.31 Å². The molecule has 1 fully saturated rings. The van der Waals surface area contributed by atoms with Crippen molar-refractivity contribution >= 4 is 12.6 Å². The number of hydrogen-bond donors (Lipinski definition) is 1. The smallest absolute Gasteiger partial charge is 0.399 e. The van der Waals surface area contributed by atoms with E-state index in [1.807, 2.05) is 12.3 Å². The molecule has 3 rings (SSSR count). The zero-order valence-electron chi connectivity index (χ0n) is 13.1. The molecule has 0 spiro atoms. The van der Waals surface area contributed by atoms with Gasteiger partial charge >= 0.3 is 7.12 Å². The first-order valence-corrected chi connectivity index (χ1v) is 7.44. The Bertz CT molecular complexity index is 576. The van der Waals surface area contributed by atoms with E-state index in [2.05, 4.69) is 69.4 Å². The van der Waals surface area contributed by atoms with E-state index in [0.29, 0.717) is 0 Å². The van der Waals surface area contributed by atoms with E-state index in [9.17, 15) is 0 Å². The van der Waals surface area contributed by atoms with E-state index in [-0.39, 0.29) is 24.4 Å². The Labute approximate surface area is 127 Å². The molecule has 0 radical (unpaired) electrons. The molecule has 0 amide bonds. The van der Waals surface area contributed by atoms with Crippen molar-refractivity contribution in [2.75, 3.05) is 0 Å². The van der Waals surface area contributed by atoms with E-state index in [4.69, 9.17) is 9.31 Å². The van der Waals surface area contributed by atoms with E-state index in [1.165, 1.54) is 5.56 Å². The molecule has 0 bridgehead atoms. The van der Waals surface area contributed by atoms with Crippen molar-refractivity contribution in [2.45, 2.75) is 44.9 Å². The number of allylic oxidation sites excluding steroid dienone is 2. The minimum absolute atomic E-state index is 0.206. The molecule has 4 heteroatoms. The van der Waals surface area contributed by atoms with E-state index in [0.717, 1.165) is 5.46 Å². The zero-order chi connectivity index (χ0) is 15.1. The van der Waals surface area contributed by atoms with Crippen molar-refractivity contribution in [3.8, 4) is 0 Å². The van der Waals surface area contributed by atoms with Crippen molar-refractivity contribution in [3.05, 3.63) is 54.3 Å². The predicted octanol–water partition coefficient (Wildman–Crippen LogP) is 2.70. The summed E-state index contributed by atoms with van der Waals surface area (Å²) in [5.74, 6) is 0. The van der Waals surface area contributed by atoms with Crippen LogP contribution in [0.4, 0.5) is 0 Å². The molecule has 0 saturated carbocycles. The van der Waals surface area contributed by atoms with E-state index in [1.54, 1.807) is 0 Å². The molecule has 2 aliphatic rings. The van der Waals surface area contributed by atoms with Gasteiger partial charge < -0.3 is 14.6 Å². The number of dihydropyridines is 1. The zero-order valence-corrected chi connectivity index (χ0v) is 13.1. The van der Waals surface area contributed by atoms with Gasteiger partial charge in [-0.3, -0.25) is 0 Å². The second-order valence-corrected chi connectivity index (χ2v) is 6.65. The molecule has 3 nitrogen and oxygen atoms in total. The summed E-state index contributed by atoms with van der Waals surface area (Å²) in [6.45, 7) is 8.31. The molecule has 21 heavy (non-hydrogen) atoms. The summed E-state index contributed by atoms with van der Waals surface area (Å²) in [5, 5.41) is 3.34. The van der Waals surface area contributed by atoms with Crippen LogP contribution in [0.5, 0.6) is 0 Å². The molecule has 1 aromatic carbocycles. The van der Waals surface area contributed by atoms with Gasteiger partial charge in [0.1, 0.15) is 0 Å². The number of benzene rings is 1. The Balaban J connectivity index is 1.84.